The molecule has 0 atom stereocenters. The second-order valence-electron chi connectivity index (χ2n) is 4.14. The highest BCUT2D eigenvalue weighted by molar-refractivity contribution is 7.96. The van der Waals surface area contributed by atoms with E-state index in [4.69, 9.17) is 15.3 Å². The van der Waals surface area contributed by atoms with Gasteiger partial charge in [-0.25, -0.2) is 9.52 Å². The Bertz CT molecular complexity index is 406. The van der Waals surface area contributed by atoms with Crippen LogP contribution in [0.3, 0.4) is 0 Å². The van der Waals surface area contributed by atoms with Crippen LogP contribution in [0.4, 0.5) is 4.79 Å². The van der Waals surface area contributed by atoms with Crippen LogP contribution in [-0.2, 0) is 4.74 Å². The van der Waals surface area contributed by atoms with Gasteiger partial charge in [0, 0.05) is 19.5 Å². The summed E-state index contributed by atoms with van der Waals surface area (Å²) in [7, 11) is 1.00. The fraction of sp³-hybridized carbons (Fsp3) is 0.455. The minimum Gasteiger partial charge on any atom is -0.443 e. The first kappa shape index (κ1) is 16.5. The lowest BCUT2D eigenvalue weighted by Gasteiger charge is -2.19. The lowest BCUT2D eigenvalue weighted by molar-refractivity contribution is 0.0574. The maximum Gasteiger partial charge on any atom is 0.419 e. The van der Waals surface area contributed by atoms with Gasteiger partial charge in [-0.15, -0.1) is 0 Å². The van der Waals surface area contributed by atoms with E-state index in [9.17, 15) is 4.79 Å². The number of aromatic nitrogens is 1. The number of carbonyl (C=O) groups is 1. The summed E-state index contributed by atoms with van der Waals surface area (Å²) in [4.78, 5) is 11.3. The number of aliphatic hydroxyl groups excluding tert-OH is 1. The van der Waals surface area contributed by atoms with Gasteiger partial charge < -0.3 is 15.3 Å². The zero-order valence-corrected chi connectivity index (χ0v) is 11.7. The molecule has 0 saturated carbocycles. The SMILES string of the molecule is CC(C)(C)OC(=O)NSn1ccc(=N)cc1.CO. The molecule has 0 spiro atoms. The summed E-state index contributed by atoms with van der Waals surface area (Å²) in [6.45, 7) is 5.41. The highest BCUT2D eigenvalue weighted by atomic mass is 32.2. The minimum absolute atomic E-state index is 0.425. The molecule has 0 unspecified atom stereocenters. The molecule has 0 aliphatic heterocycles. The summed E-state index contributed by atoms with van der Waals surface area (Å²) in [5.74, 6) is 0. The van der Waals surface area contributed by atoms with Crippen LogP contribution in [0.5, 0.6) is 0 Å². The fourth-order valence-electron chi connectivity index (χ4n) is 0.863. The molecule has 1 heterocycles. The molecule has 7 heteroatoms. The van der Waals surface area contributed by atoms with Gasteiger partial charge in [0.05, 0.1) is 17.5 Å². The molecule has 0 aliphatic carbocycles. The number of amides is 1. The number of ether oxygens (including phenoxy) is 1. The first-order valence-corrected chi connectivity index (χ1v) is 5.98. The van der Waals surface area contributed by atoms with Crippen molar-refractivity contribution in [1.82, 2.24) is 8.69 Å². The van der Waals surface area contributed by atoms with Gasteiger partial charge in [-0.1, -0.05) is 0 Å². The van der Waals surface area contributed by atoms with Gasteiger partial charge in [-0.05, 0) is 32.9 Å². The zero-order chi connectivity index (χ0) is 14.2. The zero-order valence-electron chi connectivity index (χ0n) is 10.9. The van der Waals surface area contributed by atoms with Crippen molar-refractivity contribution in [3.63, 3.8) is 0 Å². The number of rotatable bonds is 2. The second kappa shape index (κ2) is 7.78. The molecule has 6 nitrogen and oxygen atoms in total. The molecule has 102 valence electrons. The van der Waals surface area contributed by atoms with Gasteiger partial charge in [0.1, 0.15) is 5.60 Å². The number of nitrogens with zero attached hydrogens (tertiary/aromatic N) is 1. The summed E-state index contributed by atoms with van der Waals surface area (Å²) >= 11 is 1.09. The highest BCUT2D eigenvalue weighted by Crippen LogP contribution is 2.08. The van der Waals surface area contributed by atoms with E-state index in [0.29, 0.717) is 5.36 Å². The summed E-state index contributed by atoms with van der Waals surface area (Å²) in [5.41, 5.74) is -0.500. The monoisotopic (exact) mass is 273 g/mol. The number of hydrogen-bond donors (Lipinski definition) is 3. The fourth-order valence-corrected chi connectivity index (χ4v) is 1.33. The predicted molar refractivity (Wildman–Crippen MR) is 70.8 cm³/mol. The van der Waals surface area contributed by atoms with E-state index in [2.05, 4.69) is 4.72 Å². The lowest BCUT2D eigenvalue weighted by atomic mass is 10.2. The van der Waals surface area contributed by atoms with Gasteiger partial charge in [0.15, 0.2) is 0 Å². The van der Waals surface area contributed by atoms with E-state index in [1.807, 2.05) is 0 Å². The van der Waals surface area contributed by atoms with Crippen molar-refractivity contribution < 1.29 is 14.6 Å². The van der Waals surface area contributed by atoms with Crippen molar-refractivity contribution in [3.8, 4) is 0 Å². The molecule has 0 aromatic carbocycles. The highest BCUT2D eigenvalue weighted by Gasteiger charge is 2.15. The van der Waals surface area contributed by atoms with Gasteiger partial charge >= 0.3 is 6.09 Å². The van der Waals surface area contributed by atoms with Crippen LogP contribution in [0.25, 0.3) is 0 Å². The van der Waals surface area contributed by atoms with Crippen LogP contribution in [0.1, 0.15) is 20.8 Å². The summed E-state index contributed by atoms with van der Waals surface area (Å²) in [6.07, 6.45) is 2.88. The third-order valence-corrected chi connectivity index (χ3v) is 2.15. The van der Waals surface area contributed by atoms with Crippen LogP contribution in [0.15, 0.2) is 24.5 Å². The van der Waals surface area contributed by atoms with Crippen LogP contribution < -0.4 is 10.1 Å². The Hall–Kier alpha value is -1.47. The Balaban J connectivity index is 0.00000137. The van der Waals surface area contributed by atoms with Crippen molar-refractivity contribution in [2.45, 2.75) is 26.4 Å². The molecular formula is C11H19N3O3S. The molecular weight excluding hydrogens is 254 g/mol. The molecule has 3 N–H and O–H groups in total. The average Bonchev–Trinajstić information content (AvgIpc) is 2.29. The third-order valence-electron chi connectivity index (χ3n) is 1.44. The smallest absolute Gasteiger partial charge is 0.419 e. The molecule has 1 amide bonds. The Kier molecular flexibility index (Phi) is 7.14. The van der Waals surface area contributed by atoms with E-state index in [-0.39, 0.29) is 0 Å². The molecule has 0 fully saturated rings. The molecule has 18 heavy (non-hydrogen) atoms. The first-order valence-electron chi connectivity index (χ1n) is 5.21. The van der Waals surface area contributed by atoms with Crippen molar-refractivity contribution in [2.24, 2.45) is 0 Å². The van der Waals surface area contributed by atoms with Gasteiger partial charge in [0.2, 0.25) is 0 Å². The summed E-state index contributed by atoms with van der Waals surface area (Å²) in [5, 5.41) is 14.7. The largest absolute Gasteiger partial charge is 0.443 e. The number of pyridine rings is 1. The predicted octanol–water partition coefficient (Wildman–Crippen LogP) is 1.51. The second-order valence-corrected chi connectivity index (χ2v) is 4.95. The summed E-state index contributed by atoms with van der Waals surface area (Å²) < 4.78 is 9.26. The first-order chi connectivity index (χ1) is 8.37. The number of carbonyl (C=O) groups excluding carboxylic acids is 1. The van der Waals surface area contributed by atoms with Crippen LogP contribution >= 0.6 is 12.1 Å². The van der Waals surface area contributed by atoms with Crippen molar-refractivity contribution in [3.05, 3.63) is 29.9 Å². The molecule has 1 aromatic heterocycles. The van der Waals surface area contributed by atoms with E-state index in [1.54, 1.807) is 49.3 Å². The Morgan fingerprint density at radius 1 is 1.39 bits per heavy atom. The standard InChI is InChI=1S/C10H15N3O2S.CH4O/c1-10(2,3)15-9(14)12-16-13-6-4-8(11)5-7-13;1-2/h4-7,11H,1-3H3,(H,12,14);2H,1H3. The van der Waals surface area contributed by atoms with E-state index in [1.165, 1.54) is 0 Å². The normalized spacial score (nSPS) is 10.1. The number of nitrogens with one attached hydrogen (secondary N) is 2. The minimum atomic E-state index is -0.500. The van der Waals surface area contributed by atoms with Crippen LogP contribution in [0.2, 0.25) is 0 Å². The number of hydrogen-bond acceptors (Lipinski definition) is 5. The summed E-state index contributed by atoms with van der Waals surface area (Å²) in [6, 6.07) is 3.26. The van der Waals surface area contributed by atoms with Gasteiger partial charge in [0.25, 0.3) is 0 Å². The molecule has 0 aliphatic rings. The molecule has 1 rings (SSSR count). The maximum atomic E-state index is 11.3. The van der Waals surface area contributed by atoms with Crippen molar-refractivity contribution in [2.75, 3.05) is 7.11 Å². The quantitative estimate of drug-likeness (QED) is 0.713. The average molecular weight is 273 g/mol. The Morgan fingerprint density at radius 2 is 1.89 bits per heavy atom. The van der Waals surface area contributed by atoms with Gasteiger partial charge in [-0.3, -0.25) is 3.97 Å². The van der Waals surface area contributed by atoms with E-state index >= 15 is 0 Å². The van der Waals surface area contributed by atoms with Crippen molar-refractivity contribution in [1.29, 1.82) is 5.41 Å². The molecule has 0 bridgehead atoms. The maximum absolute atomic E-state index is 11.3. The molecule has 0 saturated heterocycles. The van der Waals surface area contributed by atoms with Crippen LogP contribution in [0, 0.1) is 5.41 Å². The van der Waals surface area contributed by atoms with E-state index < -0.39 is 11.7 Å². The van der Waals surface area contributed by atoms with Crippen LogP contribution in [-0.4, -0.2) is 27.9 Å². The third kappa shape index (κ3) is 7.75. The molecule has 1 aromatic rings. The Labute approximate surface area is 111 Å². The topological polar surface area (TPSA) is 87.3 Å². The molecule has 0 radical (unpaired) electrons. The Morgan fingerprint density at radius 3 is 2.33 bits per heavy atom. The van der Waals surface area contributed by atoms with E-state index in [0.717, 1.165) is 19.2 Å². The van der Waals surface area contributed by atoms with Gasteiger partial charge in [-0.2, -0.15) is 0 Å². The number of aliphatic hydroxyl groups is 1. The van der Waals surface area contributed by atoms with Crippen molar-refractivity contribution >= 4 is 18.2 Å². The lowest BCUT2D eigenvalue weighted by Crippen LogP contribution is -2.29.